The third-order valence-corrected chi connectivity index (χ3v) is 4.37. The van der Waals surface area contributed by atoms with Crippen LogP contribution in [-0.2, 0) is 9.59 Å². The summed E-state index contributed by atoms with van der Waals surface area (Å²) in [4.78, 5) is 25.8. The van der Waals surface area contributed by atoms with E-state index < -0.39 is 0 Å². The van der Waals surface area contributed by atoms with Gasteiger partial charge >= 0.3 is 0 Å². The van der Waals surface area contributed by atoms with Gasteiger partial charge in [0.15, 0.2) is 0 Å². The fraction of sp³-hybridized carbons (Fsp3) is 0.263. The van der Waals surface area contributed by atoms with Gasteiger partial charge in [0.1, 0.15) is 0 Å². The lowest BCUT2D eigenvalue weighted by Crippen LogP contribution is -2.38. The fourth-order valence-corrected chi connectivity index (χ4v) is 2.64. The van der Waals surface area contributed by atoms with Crippen LogP contribution >= 0.6 is 15.9 Å². The molecule has 0 aliphatic carbocycles. The summed E-state index contributed by atoms with van der Waals surface area (Å²) in [5.41, 5.74) is 3.66. The SMILES string of the molecule is Cc1cccc(C)c1NC(=O)CN(C)C(=O)CNc1ccc(Br)cc1. The second-order valence-electron chi connectivity index (χ2n) is 5.93. The van der Waals surface area contributed by atoms with Gasteiger partial charge in [-0.25, -0.2) is 0 Å². The van der Waals surface area contributed by atoms with E-state index in [0.717, 1.165) is 27.0 Å². The number of halogens is 1. The molecule has 0 fully saturated rings. The molecule has 0 heterocycles. The van der Waals surface area contributed by atoms with Crippen LogP contribution in [0.25, 0.3) is 0 Å². The average molecular weight is 404 g/mol. The van der Waals surface area contributed by atoms with Crippen molar-refractivity contribution < 1.29 is 9.59 Å². The predicted molar refractivity (Wildman–Crippen MR) is 105 cm³/mol. The standard InChI is InChI=1S/C19H22BrN3O2/c1-13-5-4-6-14(2)19(13)22-17(24)12-23(3)18(25)11-21-16-9-7-15(20)8-10-16/h4-10,21H,11-12H2,1-3H3,(H,22,24). The van der Waals surface area contributed by atoms with Gasteiger partial charge < -0.3 is 15.5 Å². The highest BCUT2D eigenvalue weighted by atomic mass is 79.9. The molecular weight excluding hydrogens is 382 g/mol. The van der Waals surface area contributed by atoms with Gasteiger partial charge in [0.05, 0.1) is 13.1 Å². The van der Waals surface area contributed by atoms with E-state index >= 15 is 0 Å². The quantitative estimate of drug-likeness (QED) is 0.774. The minimum atomic E-state index is -0.211. The van der Waals surface area contributed by atoms with Crippen molar-refractivity contribution in [1.82, 2.24) is 4.90 Å². The van der Waals surface area contributed by atoms with Gasteiger partial charge in [0.25, 0.3) is 0 Å². The smallest absolute Gasteiger partial charge is 0.243 e. The third-order valence-electron chi connectivity index (χ3n) is 3.84. The van der Waals surface area contributed by atoms with Crippen LogP contribution in [0.5, 0.6) is 0 Å². The van der Waals surface area contributed by atoms with Crippen molar-refractivity contribution in [3.8, 4) is 0 Å². The first kappa shape index (κ1) is 19.0. The summed E-state index contributed by atoms with van der Waals surface area (Å²) in [6, 6.07) is 13.4. The van der Waals surface area contributed by atoms with Gasteiger partial charge in [-0.2, -0.15) is 0 Å². The Morgan fingerprint density at radius 1 is 1.04 bits per heavy atom. The molecule has 0 aliphatic rings. The van der Waals surface area contributed by atoms with Crippen molar-refractivity contribution in [3.05, 3.63) is 58.1 Å². The molecular formula is C19H22BrN3O2. The first-order valence-corrected chi connectivity index (χ1v) is 8.75. The van der Waals surface area contributed by atoms with Crippen LogP contribution in [0.1, 0.15) is 11.1 Å². The van der Waals surface area contributed by atoms with Gasteiger partial charge in [0.2, 0.25) is 11.8 Å². The minimum Gasteiger partial charge on any atom is -0.376 e. The molecule has 25 heavy (non-hydrogen) atoms. The first-order valence-electron chi connectivity index (χ1n) is 7.96. The topological polar surface area (TPSA) is 61.4 Å². The van der Waals surface area contributed by atoms with Crippen molar-refractivity contribution in [1.29, 1.82) is 0 Å². The highest BCUT2D eigenvalue weighted by molar-refractivity contribution is 9.10. The molecule has 0 aliphatic heterocycles. The molecule has 0 saturated heterocycles. The highest BCUT2D eigenvalue weighted by Gasteiger charge is 2.14. The van der Waals surface area contributed by atoms with E-state index in [-0.39, 0.29) is 24.9 Å². The molecule has 2 rings (SSSR count). The first-order chi connectivity index (χ1) is 11.9. The molecule has 2 amide bonds. The van der Waals surface area contributed by atoms with E-state index in [9.17, 15) is 9.59 Å². The minimum absolute atomic E-state index is 0.00856. The van der Waals surface area contributed by atoms with Crippen LogP contribution < -0.4 is 10.6 Å². The van der Waals surface area contributed by atoms with E-state index in [0.29, 0.717) is 0 Å². The van der Waals surface area contributed by atoms with Gasteiger partial charge in [0, 0.05) is 22.9 Å². The van der Waals surface area contributed by atoms with Crippen LogP contribution in [0.4, 0.5) is 11.4 Å². The molecule has 5 nitrogen and oxygen atoms in total. The van der Waals surface area contributed by atoms with Crippen molar-refractivity contribution in [2.75, 3.05) is 30.8 Å². The molecule has 6 heteroatoms. The molecule has 2 N–H and O–H groups in total. The van der Waals surface area contributed by atoms with Crippen molar-refractivity contribution >= 4 is 39.1 Å². The van der Waals surface area contributed by atoms with Gasteiger partial charge in [-0.15, -0.1) is 0 Å². The lowest BCUT2D eigenvalue weighted by Gasteiger charge is -2.18. The number of carbonyl (C=O) groups excluding carboxylic acids is 2. The molecule has 0 atom stereocenters. The molecule has 2 aromatic carbocycles. The predicted octanol–water partition coefficient (Wildman–Crippen LogP) is 3.57. The zero-order chi connectivity index (χ0) is 18.4. The number of benzene rings is 2. The Kier molecular flexibility index (Phi) is 6.58. The monoisotopic (exact) mass is 403 g/mol. The van der Waals surface area contributed by atoms with Crippen LogP contribution in [0.2, 0.25) is 0 Å². The lowest BCUT2D eigenvalue weighted by molar-refractivity contribution is -0.131. The summed E-state index contributed by atoms with van der Waals surface area (Å²) in [5, 5.41) is 5.94. The maximum Gasteiger partial charge on any atom is 0.243 e. The molecule has 0 unspecified atom stereocenters. The van der Waals surface area contributed by atoms with E-state index in [1.807, 2.05) is 56.3 Å². The van der Waals surface area contributed by atoms with Crippen LogP contribution in [0, 0.1) is 13.8 Å². The Morgan fingerprint density at radius 3 is 2.24 bits per heavy atom. The second kappa shape index (κ2) is 8.67. The Labute approximate surface area is 156 Å². The van der Waals surface area contributed by atoms with Crippen molar-refractivity contribution in [3.63, 3.8) is 0 Å². The fourth-order valence-electron chi connectivity index (χ4n) is 2.37. The van der Waals surface area contributed by atoms with Crippen molar-refractivity contribution in [2.24, 2.45) is 0 Å². The highest BCUT2D eigenvalue weighted by Crippen LogP contribution is 2.19. The zero-order valence-electron chi connectivity index (χ0n) is 14.6. The number of nitrogens with one attached hydrogen (secondary N) is 2. The number of likely N-dealkylation sites (N-methyl/N-ethyl adjacent to an activating group) is 1. The Balaban J connectivity index is 1.85. The molecule has 0 saturated carbocycles. The van der Waals surface area contributed by atoms with E-state index in [1.165, 1.54) is 4.90 Å². The maximum atomic E-state index is 12.2. The Bertz CT molecular complexity index is 740. The van der Waals surface area contributed by atoms with Gasteiger partial charge in [-0.3, -0.25) is 9.59 Å². The van der Waals surface area contributed by atoms with E-state index in [1.54, 1.807) is 7.05 Å². The molecule has 0 aromatic heterocycles. The third kappa shape index (κ3) is 5.60. The molecule has 0 spiro atoms. The number of amides is 2. The Hall–Kier alpha value is -2.34. The molecule has 0 bridgehead atoms. The van der Waals surface area contributed by atoms with Crippen LogP contribution in [-0.4, -0.2) is 36.9 Å². The summed E-state index contributed by atoms with van der Waals surface area (Å²) in [7, 11) is 1.62. The number of carbonyl (C=O) groups is 2. The molecule has 132 valence electrons. The van der Waals surface area contributed by atoms with Crippen LogP contribution in [0.15, 0.2) is 46.9 Å². The summed E-state index contributed by atoms with van der Waals surface area (Å²) in [5.74, 6) is -0.364. The lowest BCUT2D eigenvalue weighted by atomic mass is 10.1. The van der Waals surface area contributed by atoms with E-state index in [4.69, 9.17) is 0 Å². The zero-order valence-corrected chi connectivity index (χ0v) is 16.2. The largest absolute Gasteiger partial charge is 0.376 e. The summed E-state index contributed by atoms with van der Waals surface area (Å²) in [6.45, 7) is 4.03. The number of aryl methyl sites for hydroxylation is 2. The summed E-state index contributed by atoms with van der Waals surface area (Å²) >= 11 is 3.37. The number of rotatable bonds is 6. The second-order valence-corrected chi connectivity index (χ2v) is 6.84. The average Bonchev–Trinajstić information content (AvgIpc) is 2.57. The number of para-hydroxylation sites is 1. The molecule has 0 radical (unpaired) electrons. The van der Waals surface area contributed by atoms with Gasteiger partial charge in [-0.1, -0.05) is 34.1 Å². The number of nitrogens with zero attached hydrogens (tertiary/aromatic N) is 1. The molecule has 2 aromatic rings. The normalized spacial score (nSPS) is 10.2. The number of hydrogen-bond donors (Lipinski definition) is 2. The Morgan fingerprint density at radius 2 is 1.64 bits per heavy atom. The van der Waals surface area contributed by atoms with Gasteiger partial charge in [-0.05, 0) is 49.2 Å². The van der Waals surface area contributed by atoms with Crippen molar-refractivity contribution in [2.45, 2.75) is 13.8 Å². The summed E-state index contributed by atoms with van der Waals surface area (Å²) < 4.78 is 0.977. The van der Waals surface area contributed by atoms with Crippen LogP contribution in [0.3, 0.4) is 0 Å². The summed E-state index contributed by atoms with van der Waals surface area (Å²) in [6.07, 6.45) is 0. The maximum absolute atomic E-state index is 12.2. The van der Waals surface area contributed by atoms with E-state index in [2.05, 4.69) is 26.6 Å². The number of anilines is 2. The number of hydrogen-bond acceptors (Lipinski definition) is 3.